The molecule has 0 radical (unpaired) electrons. The maximum atomic E-state index is 5.53. The van der Waals surface area contributed by atoms with E-state index >= 15 is 0 Å². The molecule has 0 bridgehead atoms. The van der Waals surface area contributed by atoms with Gasteiger partial charge in [-0.1, -0.05) is 31.8 Å². The summed E-state index contributed by atoms with van der Waals surface area (Å²) >= 11 is 0. The first kappa shape index (κ1) is 19.0. The topological polar surface area (TPSA) is 73.9 Å². The molecule has 3 aromatic rings. The molecule has 3 rings (SSSR count). The average Bonchev–Trinajstić information content (AvgIpc) is 3.18. The Morgan fingerprint density at radius 3 is 2.48 bits per heavy atom. The number of hydrogen-bond acceptors (Lipinski definition) is 6. The fourth-order valence-corrected chi connectivity index (χ4v) is 2.98. The highest BCUT2D eigenvalue weighted by Gasteiger charge is 2.14. The maximum Gasteiger partial charge on any atom is 0.258 e. The molecule has 27 heavy (non-hydrogen) atoms. The Morgan fingerprint density at radius 1 is 0.926 bits per heavy atom. The molecule has 0 spiro atoms. The van der Waals surface area contributed by atoms with Gasteiger partial charge >= 0.3 is 0 Å². The number of aryl methyl sites for hydroxylation is 3. The second-order valence-corrected chi connectivity index (χ2v) is 6.61. The van der Waals surface area contributed by atoms with Crippen LogP contribution in [0.1, 0.15) is 50.2 Å². The van der Waals surface area contributed by atoms with Crippen LogP contribution in [0.25, 0.3) is 22.8 Å². The van der Waals surface area contributed by atoms with E-state index in [-0.39, 0.29) is 0 Å². The summed E-state index contributed by atoms with van der Waals surface area (Å²) in [5.74, 6) is 1.59. The number of ether oxygens (including phenoxy) is 1. The Bertz CT molecular complexity index is 905. The summed E-state index contributed by atoms with van der Waals surface area (Å²) < 4.78 is 10.9. The lowest BCUT2D eigenvalue weighted by Gasteiger charge is -2.06. The summed E-state index contributed by atoms with van der Waals surface area (Å²) in [7, 11) is 1.62. The van der Waals surface area contributed by atoms with E-state index in [2.05, 4.69) is 34.0 Å². The fourth-order valence-electron chi connectivity index (χ4n) is 2.98. The first-order valence-electron chi connectivity index (χ1n) is 9.50. The molecular formula is C21H26N4O2. The van der Waals surface area contributed by atoms with E-state index in [1.165, 1.54) is 12.8 Å². The molecule has 3 heterocycles. The molecule has 0 aliphatic carbocycles. The highest BCUT2D eigenvalue weighted by molar-refractivity contribution is 5.61. The van der Waals surface area contributed by atoms with E-state index in [9.17, 15) is 0 Å². The van der Waals surface area contributed by atoms with E-state index in [1.807, 2.05) is 31.2 Å². The monoisotopic (exact) mass is 366 g/mol. The number of hydrogen-bond donors (Lipinski definition) is 0. The third-order valence-corrected chi connectivity index (χ3v) is 4.40. The van der Waals surface area contributed by atoms with Crippen LogP contribution in [-0.2, 0) is 12.8 Å². The third kappa shape index (κ3) is 4.70. The molecular weight excluding hydrogens is 340 g/mol. The predicted molar refractivity (Wildman–Crippen MR) is 105 cm³/mol. The van der Waals surface area contributed by atoms with E-state index in [0.29, 0.717) is 17.6 Å². The zero-order valence-electron chi connectivity index (χ0n) is 16.5. The summed E-state index contributed by atoms with van der Waals surface area (Å²) in [6.07, 6.45) is 5.22. The van der Waals surface area contributed by atoms with Gasteiger partial charge in [-0.05, 0) is 44.4 Å². The van der Waals surface area contributed by atoms with Crippen LogP contribution in [0.5, 0.6) is 5.88 Å². The van der Waals surface area contributed by atoms with E-state index in [1.54, 1.807) is 7.11 Å². The number of nitrogens with zero attached hydrogens (tertiary/aromatic N) is 4. The van der Waals surface area contributed by atoms with Gasteiger partial charge in [0.05, 0.1) is 7.11 Å². The molecule has 0 fully saturated rings. The van der Waals surface area contributed by atoms with E-state index in [0.717, 1.165) is 47.5 Å². The molecule has 0 saturated carbocycles. The van der Waals surface area contributed by atoms with Crippen molar-refractivity contribution in [3.05, 3.63) is 41.3 Å². The summed E-state index contributed by atoms with van der Waals surface area (Å²) in [4.78, 5) is 13.6. The molecule has 0 aromatic carbocycles. The van der Waals surface area contributed by atoms with Crippen LogP contribution in [0.4, 0.5) is 0 Å². The lowest BCUT2D eigenvalue weighted by molar-refractivity contribution is 0.395. The molecule has 0 saturated heterocycles. The van der Waals surface area contributed by atoms with Crippen molar-refractivity contribution in [2.24, 2.45) is 0 Å². The molecule has 3 aromatic heterocycles. The van der Waals surface area contributed by atoms with Gasteiger partial charge in [-0.3, -0.25) is 4.98 Å². The number of methoxy groups -OCH3 is 1. The van der Waals surface area contributed by atoms with Crippen LogP contribution in [0.3, 0.4) is 0 Å². The number of aromatic nitrogens is 4. The van der Waals surface area contributed by atoms with Crippen LogP contribution in [0.15, 0.2) is 28.8 Å². The van der Waals surface area contributed by atoms with Gasteiger partial charge in [-0.25, -0.2) is 4.98 Å². The van der Waals surface area contributed by atoms with Crippen molar-refractivity contribution in [2.75, 3.05) is 7.11 Å². The second kappa shape index (κ2) is 8.75. The zero-order chi connectivity index (χ0) is 19.2. The normalized spacial score (nSPS) is 11.0. The minimum Gasteiger partial charge on any atom is -0.481 e. The van der Waals surface area contributed by atoms with Gasteiger partial charge in [0.1, 0.15) is 0 Å². The van der Waals surface area contributed by atoms with Crippen LogP contribution in [0.2, 0.25) is 0 Å². The summed E-state index contributed by atoms with van der Waals surface area (Å²) in [6.45, 7) is 6.24. The van der Waals surface area contributed by atoms with E-state index < -0.39 is 0 Å². The standard InChI is InChI=1S/C21H26N4O2/c1-5-7-8-9-18-12-16(13-19(23-18)26-4)21-24-20(25-27-21)15-10-14(3)22-17(6-2)11-15/h10-13H,5-9H2,1-4H3. The first-order valence-corrected chi connectivity index (χ1v) is 9.50. The van der Waals surface area contributed by atoms with Crippen LogP contribution < -0.4 is 4.74 Å². The van der Waals surface area contributed by atoms with Gasteiger partial charge in [-0.2, -0.15) is 4.98 Å². The molecule has 0 aliphatic heterocycles. The van der Waals surface area contributed by atoms with Crippen molar-refractivity contribution >= 4 is 0 Å². The van der Waals surface area contributed by atoms with E-state index in [4.69, 9.17) is 9.26 Å². The lowest BCUT2D eigenvalue weighted by Crippen LogP contribution is -1.96. The Labute approximate surface area is 160 Å². The number of rotatable bonds is 8. The smallest absolute Gasteiger partial charge is 0.258 e. The number of unbranched alkanes of at least 4 members (excludes halogenated alkanes) is 2. The second-order valence-electron chi connectivity index (χ2n) is 6.61. The highest BCUT2D eigenvalue weighted by atomic mass is 16.5. The molecule has 0 atom stereocenters. The van der Waals surface area contributed by atoms with Crippen molar-refractivity contribution in [3.63, 3.8) is 0 Å². The molecule has 0 N–H and O–H groups in total. The minimum absolute atomic E-state index is 0.468. The Morgan fingerprint density at radius 2 is 1.74 bits per heavy atom. The molecule has 6 heteroatoms. The van der Waals surface area contributed by atoms with Gasteiger partial charge < -0.3 is 9.26 Å². The van der Waals surface area contributed by atoms with Crippen molar-refractivity contribution in [3.8, 4) is 28.7 Å². The number of pyridine rings is 2. The van der Waals surface area contributed by atoms with Crippen LogP contribution >= 0.6 is 0 Å². The minimum atomic E-state index is 0.468. The first-order chi connectivity index (χ1) is 13.1. The van der Waals surface area contributed by atoms with Gasteiger partial charge in [-0.15, -0.1) is 0 Å². The van der Waals surface area contributed by atoms with Gasteiger partial charge in [0.25, 0.3) is 5.89 Å². The van der Waals surface area contributed by atoms with Crippen LogP contribution in [0, 0.1) is 6.92 Å². The molecule has 0 amide bonds. The lowest BCUT2D eigenvalue weighted by atomic mass is 10.1. The average molecular weight is 366 g/mol. The quantitative estimate of drug-likeness (QED) is 0.533. The summed E-state index contributed by atoms with van der Waals surface area (Å²) in [5, 5.41) is 4.16. The molecule has 0 aliphatic rings. The van der Waals surface area contributed by atoms with Crippen molar-refractivity contribution in [2.45, 2.75) is 52.9 Å². The summed E-state index contributed by atoms with van der Waals surface area (Å²) in [5.41, 5.74) is 4.68. The largest absolute Gasteiger partial charge is 0.481 e. The molecule has 142 valence electrons. The van der Waals surface area contributed by atoms with Crippen molar-refractivity contribution < 1.29 is 9.26 Å². The fraction of sp³-hybridized carbons (Fsp3) is 0.429. The van der Waals surface area contributed by atoms with Crippen molar-refractivity contribution in [1.82, 2.24) is 20.1 Å². The Hall–Kier alpha value is -2.76. The summed E-state index contributed by atoms with van der Waals surface area (Å²) in [6, 6.07) is 7.81. The SMILES string of the molecule is CCCCCc1cc(-c2nc(-c3cc(C)nc(CC)c3)no2)cc(OC)n1. The van der Waals surface area contributed by atoms with Gasteiger partial charge in [0.15, 0.2) is 0 Å². The third-order valence-electron chi connectivity index (χ3n) is 4.40. The van der Waals surface area contributed by atoms with Crippen molar-refractivity contribution in [1.29, 1.82) is 0 Å². The Balaban J connectivity index is 1.91. The Kier molecular flexibility index (Phi) is 6.16. The predicted octanol–water partition coefficient (Wildman–Crippen LogP) is 4.81. The van der Waals surface area contributed by atoms with Gasteiger partial charge in [0.2, 0.25) is 11.7 Å². The maximum absolute atomic E-state index is 5.53. The molecule has 6 nitrogen and oxygen atoms in total. The molecule has 0 unspecified atom stereocenters. The zero-order valence-corrected chi connectivity index (χ0v) is 16.5. The highest BCUT2D eigenvalue weighted by Crippen LogP contribution is 2.26. The van der Waals surface area contributed by atoms with Crippen LogP contribution in [-0.4, -0.2) is 27.2 Å². The van der Waals surface area contributed by atoms with Gasteiger partial charge in [0, 0.05) is 34.3 Å².